The molecule has 1 unspecified atom stereocenters. The Balaban J connectivity index is 2.43. The molecular formula is C11H18O4. The number of cyclic esters (lactones) is 1. The van der Waals surface area contributed by atoms with Gasteiger partial charge in [-0.25, -0.2) is 0 Å². The third-order valence-electron chi connectivity index (χ3n) is 2.41. The predicted octanol–water partition coefficient (Wildman–Crippen LogP) is 1.82. The molecule has 86 valence electrons. The van der Waals surface area contributed by atoms with Gasteiger partial charge in [-0.3, -0.25) is 9.59 Å². The highest BCUT2D eigenvalue weighted by Crippen LogP contribution is 2.14. The van der Waals surface area contributed by atoms with E-state index in [1.54, 1.807) is 0 Å². The van der Waals surface area contributed by atoms with Crippen LogP contribution in [0.5, 0.6) is 0 Å². The van der Waals surface area contributed by atoms with Gasteiger partial charge in [-0.05, 0) is 19.3 Å². The van der Waals surface area contributed by atoms with Gasteiger partial charge in [0.1, 0.15) is 6.10 Å². The second-order valence-electron chi connectivity index (χ2n) is 3.86. The fourth-order valence-corrected chi connectivity index (χ4v) is 1.70. The van der Waals surface area contributed by atoms with E-state index in [9.17, 15) is 9.59 Å². The minimum absolute atomic E-state index is 0.194. The molecule has 1 heterocycles. The smallest absolute Gasteiger partial charge is 0.309 e. The van der Waals surface area contributed by atoms with Crippen molar-refractivity contribution in [3.05, 3.63) is 0 Å². The molecule has 4 heteroatoms. The molecule has 0 N–H and O–H groups in total. The van der Waals surface area contributed by atoms with E-state index in [1.807, 2.05) is 0 Å². The molecule has 1 fully saturated rings. The summed E-state index contributed by atoms with van der Waals surface area (Å²) in [5, 5.41) is 0. The van der Waals surface area contributed by atoms with Crippen LogP contribution in [0.25, 0.3) is 0 Å². The highest BCUT2D eigenvalue weighted by atomic mass is 16.6. The van der Waals surface area contributed by atoms with Crippen LogP contribution in [-0.2, 0) is 19.1 Å². The van der Waals surface area contributed by atoms with E-state index in [1.165, 1.54) is 6.92 Å². The lowest BCUT2D eigenvalue weighted by molar-refractivity contribution is -0.154. The molecule has 0 aliphatic carbocycles. The van der Waals surface area contributed by atoms with Crippen molar-refractivity contribution >= 4 is 11.9 Å². The highest BCUT2D eigenvalue weighted by Gasteiger charge is 2.18. The maximum atomic E-state index is 11.3. The van der Waals surface area contributed by atoms with Gasteiger partial charge in [-0.15, -0.1) is 0 Å². The first kappa shape index (κ1) is 12.0. The second kappa shape index (κ2) is 6.43. The minimum Gasteiger partial charge on any atom is -0.466 e. The van der Waals surface area contributed by atoms with Gasteiger partial charge in [0.2, 0.25) is 0 Å². The quantitative estimate of drug-likeness (QED) is 0.625. The standard InChI is InChI=1S/C11H18O4/c1-9(12)15-10-6-4-2-3-5-7-14-11(13)8-10/h10H,2-8H2,1H3. The Labute approximate surface area is 89.9 Å². The van der Waals surface area contributed by atoms with Crippen LogP contribution in [-0.4, -0.2) is 24.6 Å². The number of rotatable bonds is 1. The third kappa shape index (κ3) is 5.40. The van der Waals surface area contributed by atoms with E-state index in [4.69, 9.17) is 9.47 Å². The molecule has 0 radical (unpaired) electrons. The molecule has 1 aliphatic heterocycles. The Morgan fingerprint density at radius 1 is 1.33 bits per heavy atom. The van der Waals surface area contributed by atoms with Crippen molar-refractivity contribution in [1.82, 2.24) is 0 Å². The van der Waals surface area contributed by atoms with Gasteiger partial charge in [0.15, 0.2) is 0 Å². The molecule has 4 nitrogen and oxygen atoms in total. The maximum absolute atomic E-state index is 11.3. The molecule has 15 heavy (non-hydrogen) atoms. The lowest BCUT2D eigenvalue weighted by atomic mass is 10.1. The number of ether oxygens (including phenoxy) is 2. The summed E-state index contributed by atoms with van der Waals surface area (Å²) in [5.74, 6) is -0.590. The van der Waals surface area contributed by atoms with Gasteiger partial charge in [0, 0.05) is 6.92 Å². The zero-order valence-corrected chi connectivity index (χ0v) is 9.16. The van der Waals surface area contributed by atoms with E-state index in [2.05, 4.69) is 0 Å². The molecule has 1 aliphatic rings. The topological polar surface area (TPSA) is 52.6 Å². The fraction of sp³-hybridized carbons (Fsp3) is 0.818. The predicted molar refractivity (Wildman–Crippen MR) is 54.2 cm³/mol. The molecule has 1 saturated heterocycles. The van der Waals surface area contributed by atoms with Crippen molar-refractivity contribution < 1.29 is 19.1 Å². The summed E-state index contributed by atoms with van der Waals surface area (Å²) in [6, 6.07) is 0. The normalized spacial score (nSPS) is 24.1. The second-order valence-corrected chi connectivity index (χ2v) is 3.86. The molecule has 1 atom stereocenters. The van der Waals surface area contributed by atoms with Crippen LogP contribution in [0.1, 0.15) is 45.4 Å². The Hall–Kier alpha value is -1.06. The number of hydrogen-bond acceptors (Lipinski definition) is 4. The summed E-state index contributed by atoms with van der Waals surface area (Å²) >= 11 is 0. The molecule has 1 rings (SSSR count). The number of hydrogen-bond donors (Lipinski definition) is 0. The van der Waals surface area contributed by atoms with E-state index < -0.39 is 0 Å². The van der Waals surface area contributed by atoms with Crippen LogP contribution >= 0.6 is 0 Å². The molecule has 0 aromatic carbocycles. The number of esters is 2. The molecular weight excluding hydrogens is 196 g/mol. The van der Waals surface area contributed by atoms with Crippen LogP contribution in [0.3, 0.4) is 0 Å². The van der Waals surface area contributed by atoms with Crippen LogP contribution in [0.2, 0.25) is 0 Å². The maximum Gasteiger partial charge on any atom is 0.309 e. The van der Waals surface area contributed by atoms with Gasteiger partial charge in [0.05, 0.1) is 13.0 Å². The third-order valence-corrected chi connectivity index (χ3v) is 2.41. The zero-order valence-electron chi connectivity index (χ0n) is 9.16. The van der Waals surface area contributed by atoms with Crippen LogP contribution < -0.4 is 0 Å². The van der Waals surface area contributed by atoms with Gasteiger partial charge in [-0.2, -0.15) is 0 Å². The van der Waals surface area contributed by atoms with Gasteiger partial charge in [0.25, 0.3) is 0 Å². The van der Waals surface area contributed by atoms with Crippen molar-refractivity contribution in [2.24, 2.45) is 0 Å². The molecule has 0 aromatic heterocycles. The van der Waals surface area contributed by atoms with Crippen LogP contribution in [0, 0.1) is 0 Å². The van der Waals surface area contributed by atoms with Crippen LogP contribution in [0.4, 0.5) is 0 Å². The Morgan fingerprint density at radius 3 is 2.80 bits per heavy atom. The van der Waals surface area contributed by atoms with Crippen molar-refractivity contribution in [3.63, 3.8) is 0 Å². The highest BCUT2D eigenvalue weighted by molar-refractivity contribution is 5.71. The number of carbonyl (C=O) groups is 2. The molecule has 0 aromatic rings. The molecule has 0 bridgehead atoms. The monoisotopic (exact) mass is 214 g/mol. The molecule has 0 amide bonds. The van der Waals surface area contributed by atoms with Crippen molar-refractivity contribution in [3.8, 4) is 0 Å². The summed E-state index contributed by atoms with van der Waals surface area (Å²) in [6.45, 7) is 1.86. The SMILES string of the molecule is CC(=O)OC1CCCCCCOC(=O)C1. The van der Waals surface area contributed by atoms with E-state index in [0.29, 0.717) is 6.61 Å². The number of carbonyl (C=O) groups excluding carboxylic acids is 2. The Bertz CT molecular complexity index is 225. The lowest BCUT2D eigenvalue weighted by Crippen LogP contribution is -2.22. The van der Waals surface area contributed by atoms with Crippen molar-refractivity contribution in [2.45, 2.75) is 51.6 Å². The molecule has 0 saturated carbocycles. The lowest BCUT2D eigenvalue weighted by Gasteiger charge is -2.17. The summed E-state index contributed by atoms with van der Waals surface area (Å²) in [7, 11) is 0. The van der Waals surface area contributed by atoms with Gasteiger partial charge >= 0.3 is 11.9 Å². The summed E-state index contributed by atoms with van der Waals surface area (Å²) in [6.07, 6.45) is 4.77. The van der Waals surface area contributed by atoms with Gasteiger partial charge < -0.3 is 9.47 Å². The Morgan fingerprint density at radius 2 is 2.07 bits per heavy atom. The summed E-state index contributed by atoms with van der Waals surface area (Å²) in [4.78, 5) is 22.1. The first-order valence-electron chi connectivity index (χ1n) is 5.51. The van der Waals surface area contributed by atoms with E-state index in [-0.39, 0.29) is 24.5 Å². The van der Waals surface area contributed by atoms with E-state index in [0.717, 1.165) is 32.1 Å². The van der Waals surface area contributed by atoms with Gasteiger partial charge in [-0.1, -0.05) is 12.8 Å². The fourth-order valence-electron chi connectivity index (χ4n) is 1.70. The van der Waals surface area contributed by atoms with Crippen LogP contribution in [0.15, 0.2) is 0 Å². The summed E-state index contributed by atoms with van der Waals surface area (Å²) in [5.41, 5.74) is 0. The average Bonchev–Trinajstić information content (AvgIpc) is 2.15. The summed E-state index contributed by atoms with van der Waals surface area (Å²) < 4.78 is 10.1. The average molecular weight is 214 g/mol. The van der Waals surface area contributed by atoms with E-state index >= 15 is 0 Å². The Kier molecular flexibility index (Phi) is 5.15. The largest absolute Gasteiger partial charge is 0.466 e. The zero-order chi connectivity index (χ0) is 11.1. The van der Waals surface area contributed by atoms with Crippen molar-refractivity contribution in [1.29, 1.82) is 0 Å². The van der Waals surface area contributed by atoms with Crippen molar-refractivity contribution in [2.75, 3.05) is 6.61 Å². The molecule has 0 spiro atoms. The minimum atomic E-state index is -0.329. The first-order valence-corrected chi connectivity index (χ1v) is 5.51. The first-order chi connectivity index (χ1) is 7.18.